The fourth-order valence-electron chi connectivity index (χ4n) is 2.81. The number of hydrogen-bond donors (Lipinski definition) is 1. The molecule has 8 nitrogen and oxygen atoms in total. The number of fused-ring (bicyclic) bond motifs is 2. The van der Waals surface area contributed by atoms with Crippen LogP contribution in [0.3, 0.4) is 0 Å². The van der Waals surface area contributed by atoms with Gasteiger partial charge in [0.1, 0.15) is 12.1 Å². The van der Waals surface area contributed by atoms with Crippen molar-refractivity contribution < 1.29 is 14.3 Å². The number of ether oxygens (including phenoxy) is 1. The van der Waals surface area contributed by atoms with Crippen molar-refractivity contribution in [2.45, 2.75) is 6.42 Å². The number of nitrogens with one attached hydrogen (secondary N) is 1. The molecule has 0 radical (unpaired) electrons. The first kappa shape index (κ1) is 19.1. The van der Waals surface area contributed by atoms with Crippen LogP contribution in [0.1, 0.15) is 6.42 Å². The highest BCUT2D eigenvalue weighted by Crippen LogP contribution is 2.25. The Balaban J connectivity index is 1.86. The van der Waals surface area contributed by atoms with Gasteiger partial charge in [0.25, 0.3) is 11.8 Å². The topological polar surface area (TPSA) is 106 Å². The normalized spacial score (nSPS) is 19.1. The Labute approximate surface area is 171 Å². The standard InChI is InChI=1S/C22H17N5O3/c28-20-7-3-4-10-30-16-8-9-19-17(11-16)22(26-14-25-19)27-18-6-2-1-5-15(18)12-23-21(29)13-24-20/h1-3,5-9,11-14H,4,10H2,(H,23,29)/b7-3-,15-12-,24-13-,27-18-. The minimum Gasteiger partial charge on any atom is -0.493 e. The smallest absolute Gasteiger partial charge is 0.269 e. The van der Waals surface area contributed by atoms with Gasteiger partial charge < -0.3 is 10.1 Å². The van der Waals surface area contributed by atoms with Gasteiger partial charge in [0, 0.05) is 22.9 Å². The van der Waals surface area contributed by atoms with Gasteiger partial charge in [0.15, 0.2) is 5.82 Å². The predicted molar refractivity (Wildman–Crippen MR) is 112 cm³/mol. The lowest BCUT2D eigenvalue weighted by molar-refractivity contribution is -0.115. The van der Waals surface area contributed by atoms with E-state index in [4.69, 9.17) is 4.74 Å². The summed E-state index contributed by atoms with van der Waals surface area (Å²) in [6.45, 7) is 0.372. The van der Waals surface area contributed by atoms with Crippen molar-refractivity contribution in [1.29, 1.82) is 0 Å². The van der Waals surface area contributed by atoms with E-state index in [1.54, 1.807) is 12.1 Å². The molecule has 1 aliphatic rings. The molecule has 1 aliphatic heterocycles. The summed E-state index contributed by atoms with van der Waals surface area (Å²) < 4.78 is 5.77. The van der Waals surface area contributed by atoms with E-state index in [1.165, 1.54) is 18.6 Å². The largest absolute Gasteiger partial charge is 0.493 e. The lowest BCUT2D eigenvalue weighted by atomic mass is 10.2. The second kappa shape index (κ2) is 8.87. The molecule has 2 bridgehead atoms. The van der Waals surface area contributed by atoms with Crippen LogP contribution in [-0.2, 0) is 9.59 Å². The molecule has 0 unspecified atom stereocenters. The van der Waals surface area contributed by atoms with Crippen LogP contribution in [0.5, 0.6) is 5.75 Å². The summed E-state index contributed by atoms with van der Waals surface area (Å²) >= 11 is 0. The Kier molecular flexibility index (Phi) is 5.66. The minimum absolute atomic E-state index is 0.372. The molecule has 30 heavy (non-hydrogen) atoms. The molecule has 0 saturated carbocycles. The summed E-state index contributed by atoms with van der Waals surface area (Å²) in [6, 6.07) is 12.8. The summed E-state index contributed by atoms with van der Waals surface area (Å²) in [4.78, 5) is 40.6. The number of benzene rings is 2. The van der Waals surface area contributed by atoms with E-state index in [0.29, 0.717) is 35.2 Å². The van der Waals surface area contributed by atoms with Crippen LogP contribution < -0.4 is 20.6 Å². The molecule has 4 rings (SSSR count). The highest BCUT2D eigenvalue weighted by Gasteiger charge is 2.05. The molecular weight excluding hydrogens is 382 g/mol. The van der Waals surface area contributed by atoms with Crippen molar-refractivity contribution in [1.82, 2.24) is 15.3 Å². The summed E-state index contributed by atoms with van der Waals surface area (Å²) in [5, 5.41) is 4.62. The third kappa shape index (κ3) is 4.61. The minimum atomic E-state index is -0.520. The van der Waals surface area contributed by atoms with Crippen molar-refractivity contribution >= 4 is 40.9 Å². The van der Waals surface area contributed by atoms with E-state index in [2.05, 4.69) is 25.3 Å². The third-order valence-corrected chi connectivity index (χ3v) is 4.24. The van der Waals surface area contributed by atoms with Crippen molar-refractivity contribution in [2.24, 2.45) is 9.98 Å². The van der Waals surface area contributed by atoms with E-state index >= 15 is 0 Å². The summed E-state index contributed by atoms with van der Waals surface area (Å²) in [7, 11) is 0. The number of carbonyl (C=O) groups excluding carboxylic acids is 2. The van der Waals surface area contributed by atoms with Crippen molar-refractivity contribution in [2.75, 3.05) is 6.61 Å². The molecule has 0 spiro atoms. The van der Waals surface area contributed by atoms with Gasteiger partial charge in [-0.1, -0.05) is 24.3 Å². The Morgan fingerprint density at radius 3 is 2.87 bits per heavy atom. The van der Waals surface area contributed by atoms with Gasteiger partial charge >= 0.3 is 0 Å². The number of rotatable bonds is 0. The van der Waals surface area contributed by atoms with Crippen LogP contribution >= 0.6 is 0 Å². The molecule has 0 aliphatic carbocycles. The maximum Gasteiger partial charge on any atom is 0.269 e. The molecule has 0 atom stereocenters. The van der Waals surface area contributed by atoms with Gasteiger partial charge in [-0.2, -0.15) is 0 Å². The van der Waals surface area contributed by atoms with Crippen LogP contribution in [0.4, 0.5) is 5.82 Å². The molecule has 1 N–H and O–H groups in total. The summed E-state index contributed by atoms with van der Waals surface area (Å²) in [5.74, 6) is 0.104. The highest BCUT2D eigenvalue weighted by molar-refractivity contribution is 6.29. The average Bonchev–Trinajstić information content (AvgIpc) is 2.76. The van der Waals surface area contributed by atoms with E-state index < -0.39 is 11.8 Å². The van der Waals surface area contributed by atoms with Crippen molar-refractivity contribution in [3.8, 4) is 5.75 Å². The van der Waals surface area contributed by atoms with Crippen molar-refractivity contribution in [3.63, 3.8) is 0 Å². The van der Waals surface area contributed by atoms with E-state index in [9.17, 15) is 9.59 Å². The van der Waals surface area contributed by atoms with Crippen LogP contribution in [0.25, 0.3) is 17.1 Å². The molecule has 148 valence electrons. The number of aliphatic imine (C=N–C) groups is 1. The molecule has 1 aromatic heterocycles. The molecule has 2 heterocycles. The van der Waals surface area contributed by atoms with E-state index in [0.717, 1.165) is 17.1 Å². The average molecular weight is 399 g/mol. The van der Waals surface area contributed by atoms with Gasteiger partial charge in [0.2, 0.25) is 0 Å². The first-order chi connectivity index (χ1) is 14.7. The Hall–Kier alpha value is -4.20. The van der Waals surface area contributed by atoms with E-state index in [-0.39, 0.29) is 0 Å². The summed E-state index contributed by atoms with van der Waals surface area (Å²) in [5.41, 5.74) is 0.738. The zero-order valence-electron chi connectivity index (χ0n) is 15.9. The quantitative estimate of drug-likeness (QED) is 0.615. The fraction of sp³-hybridized carbons (Fsp3) is 0.0909. The Morgan fingerprint density at radius 1 is 1.03 bits per heavy atom. The molecule has 2 amide bonds. The van der Waals surface area contributed by atoms with Crippen molar-refractivity contribution in [3.05, 3.63) is 71.5 Å². The lowest BCUT2D eigenvalue weighted by Crippen LogP contribution is -2.29. The van der Waals surface area contributed by atoms with Crippen LogP contribution in [0.15, 0.2) is 70.9 Å². The lowest BCUT2D eigenvalue weighted by Gasteiger charge is -2.07. The van der Waals surface area contributed by atoms with Crippen LogP contribution in [-0.4, -0.2) is 34.6 Å². The second-order valence-corrected chi connectivity index (χ2v) is 6.34. The molecule has 8 heteroatoms. The number of hydrogen-bond acceptors (Lipinski definition) is 6. The first-order valence-electron chi connectivity index (χ1n) is 9.26. The molecule has 0 saturated heterocycles. The Morgan fingerprint density at radius 2 is 1.93 bits per heavy atom. The molecule has 3 aromatic rings. The number of aromatic nitrogens is 2. The maximum atomic E-state index is 12.0. The van der Waals surface area contributed by atoms with Gasteiger partial charge in [0.05, 0.1) is 23.7 Å². The van der Waals surface area contributed by atoms with Crippen LogP contribution in [0, 0.1) is 0 Å². The van der Waals surface area contributed by atoms with Gasteiger partial charge in [-0.05, 0) is 30.7 Å². The highest BCUT2D eigenvalue weighted by atomic mass is 16.5. The van der Waals surface area contributed by atoms with Crippen LogP contribution in [0.2, 0.25) is 0 Å². The molecule has 2 aromatic carbocycles. The van der Waals surface area contributed by atoms with Gasteiger partial charge in [-0.3, -0.25) is 9.59 Å². The predicted octanol–water partition coefficient (Wildman–Crippen LogP) is 1.37. The number of amides is 2. The summed E-state index contributed by atoms with van der Waals surface area (Å²) in [6.07, 6.45) is 7.37. The maximum absolute atomic E-state index is 12.0. The first-order valence-corrected chi connectivity index (χ1v) is 9.26. The third-order valence-electron chi connectivity index (χ3n) is 4.24. The second-order valence-electron chi connectivity index (χ2n) is 6.34. The monoisotopic (exact) mass is 399 g/mol. The molecule has 0 fully saturated rings. The van der Waals surface area contributed by atoms with Gasteiger partial charge in [-0.15, -0.1) is 0 Å². The molecular formula is C22H17N5O3. The zero-order valence-corrected chi connectivity index (χ0v) is 15.9. The number of carbonyl (C=O) groups is 2. The zero-order chi connectivity index (χ0) is 20.8. The number of para-hydroxylation sites is 1. The van der Waals surface area contributed by atoms with E-state index in [1.807, 2.05) is 36.4 Å². The number of nitrogens with zero attached hydrogens (tertiary/aromatic N) is 4. The Bertz CT molecular complexity index is 1300. The fourth-order valence-corrected chi connectivity index (χ4v) is 2.81. The SMILES string of the molecule is O=C1/C=C\CCOc2ccc3ncnc(c3c2)/N=c2/cccc/c2=C/NC(=O)/C=N\1. The van der Waals surface area contributed by atoms with Gasteiger partial charge in [-0.25, -0.2) is 20.0 Å².